The van der Waals surface area contributed by atoms with E-state index in [1.807, 2.05) is 54.6 Å². The Hall–Kier alpha value is -4.10. The van der Waals surface area contributed by atoms with Crippen LogP contribution < -0.4 is 32.3 Å². The molecule has 3 aromatic carbocycles. The van der Waals surface area contributed by atoms with Crippen LogP contribution in [-0.4, -0.2) is 97.0 Å². The maximum atomic E-state index is 13.9. The van der Waals surface area contributed by atoms with Crippen molar-refractivity contribution in [1.29, 1.82) is 0 Å². The number of nitrogens with one attached hydrogen (secondary N) is 2. The average Bonchev–Trinajstić information content (AvgIpc) is 3.44. The summed E-state index contributed by atoms with van der Waals surface area (Å²) in [5.41, 5.74) is 5.74. The monoisotopic (exact) mass is 800 g/mol. The van der Waals surface area contributed by atoms with Gasteiger partial charge < -0.3 is 15.2 Å². The summed E-state index contributed by atoms with van der Waals surface area (Å²) in [5, 5.41) is 3.94. The number of ether oxygens (including phenoxy) is 2. The van der Waals surface area contributed by atoms with Crippen molar-refractivity contribution in [2.24, 2.45) is 5.73 Å². The van der Waals surface area contributed by atoms with Crippen molar-refractivity contribution in [1.82, 2.24) is 15.5 Å². The Morgan fingerprint density at radius 1 is 0.902 bits per heavy atom. The third-order valence-corrected chi connectivity index (χ3v) is 20.0. The van der Waals surface area contributed by atoms with Gasteiger partial charge in [-0.1, -0.05) is 0 Å². The van der Waals surface area contributed by atoms with Crippen LogP contribution in [0.1, 0.15) is 19.3 Å². The quantitative estimate of drug-likeness (QED) is 0.104. The minimum Gasteiger partial charge on any atom is -0.468 e. The van der Waals surface area contributed by atoms with E-state index in [0.717, 1.165) is 27.7 Å². The van der Waals surface area contributed by atoms with Crippen LogP contribution in [0.15, 0.2) is 91.0 Å². The van der Waals surface area contributed by atoms with Gasteiger partial charge in [-0.15, -0.1) is 0 Å². The number of nitrogens with two attached hydrogens (primary N) is 1. The summed E-state index contributed by atoms with van der Waals surface area (Å²) in [6, 6.07) is 28.0. The summed E-state index contributed by atoms with van der Waals surface area (Å²) >= 11 is 5.43. The van der Waals surface area contributed by atoms with Gasteiger partial charge in [0.2, 0.25) is 0 Å². The number of imide groups is 1. The van der Waals surface area contributed by atoms with Crippen LogP contribution in [0, 0.1) is 0 Å². The zero-order chi connectivity index (χ0) is 37.0. The van der Waals surface area contributed by atoms with E-state index in [0.29, 0.717) is 6.16 Å². The van der Waals surface area contributed by atoms with Crippen LogP contribution in [0.25, 0.3) is 0 Å². The number of hydrogen-bond acceptors (Lipinski definition) is 10. The molecular weight excluding hydrogens is 759 g/mol. The fraction of sp³-hybridized carbons (Fsp3) is 0.333. The van der Waals surface area contributed by atoms with E-state index in [2.05, 4.69) is 72.0 Å². The number of hydrogen-bond donors (Lipinski definition) is 3. The minimum absolute atomic E-state index is 0.0274. The van der Waals surface area contributed by atoms with E-state index >= 15 is 0 Å². The Kier molecular flexibility index (Phi) is 13.9. The van der Waals surface area contributed by atoms with Crippen molar-refractivity contribution in [2.45, 2.75) is 36.6 Å². The number of methoxy groups -OCH3 is 2. The minimum atomic E-state index is -3.43. The Bertz CT molecular complexity index is 1620. The molecule has 4 rings (SSSR count). The van der Waals surface area contributed by atoms with Crippen molar-refractivity contribution >= 4 is 84.0 Å². The molecule has 51 heavy (non-hydrogen) atoms. The summed E-state index contributed by atoms with van der Waals surface area (Å²) in [5.74, 6) is -3.43. The van der Waals surface area contributed by atoms with Gasteiger partial charge in [0.15, 0.2) is 0 Å². The Labute approximate surface area is 309 Å². The van der Waals surface area contributed by atoms with Gasteiger partial charge in [-0.05, 0) is 0 Å². The van der Waals surface area contributed by atoms with E-state index in [1.54, 1.807) is 0 Å². The first-order valence-electron chi connectivity index (χ1n) is 16.3. The summed E-state index contributed by atoms with van der Waals surface area (Å²) in [6.45, 7) is -0.298. The average molecular weight is 802 g/mol. The summed E-state index contributed by atoms with van der Waals surface area (Å²) in [7, 11) is 2.36. The van der Waals surface area contributed by atoms with Crippen molar-refractivity contribution in [3.05, 3.63) is 91.0 Å². The molecule has 0 bridgehead atoms. The number of likely N-dealkylation sites (tertiary alicyclic amines) is 1. The molecule has 3 atom stereocenters. The molecule has 272 valence electrons. The van der Waals surface area contributed by atoms with E-state index in [1.165, 1.54) is 19.1 Å². The molecule has 4 N–H and O–H groups in total. The van der Waals surface area contributed by atoms with Gasteiger partial charge >= 0.3 is 265 Å². The second-order valence-electron chi connectivity index (χ2n) is 11.9. The summed E-state index contributed by atoms with van der Waals surface area (Å²) < 4.78 is 9.17. The number of rotatable bonds is 17. The van der Waals surface area contributed by atoms with Gasteiger partial charge in [-0.25, -0.2) is 0 Å². The molecule has 1 aliphatic rings. The van der Waals surface area contributed by atoms with Gasteiger partial charge in [0, 0.05) is 0 Å². The number of halogens is 1. The van der Waals surface area contributed by atoms with E-state index in [4.69, 9.17) is 5.73 Å². The van der Waals surface area contributed by atoms with Crippen LogP contribution in [-0.2, 0) is 38.2 Å². The second kappa shape index (κ2) is 17.9. The fourth-order valence-electron chi connectivity index (χ4n) is 5.93. The van der Waals surface area contributed by atoms with E-state index in [-0.39, 0.29) is 43.4 Å². The first-order valence-corrected chi connectivity index (χ1v) is 21.7. The van der Waals surface area contributed by atoms with Crippen LogP contribution in [0.2, 0.25) is 0 Å². The molecule has 0 radical (unpaired) electrons. The number of carbonyl (C=O) groups is 6. The predicted octanol–water partition coefficient (Wildman–Crippen LogP) is 1.74. The Balaban J connectivity index is 1.53. The van der Waals surface area contributed by atoms with Gasteiger partial charge in [-0.3, -0.25) is 9.59 Å². The molecule has 0 spiro atoms. The van der Waals surface area contributed by atoms with Gasteiger partial charge in [0.05, 0.1) is 14.2 Å². The molecule has 1 aliphatic heterocycles. The summed E-state index contributed by atoms with van der Waals surface area (Å²) in [6.07, 6.45) is 0.141. The molecule has 3 aromatic rings. The molecule has 0 saturated carbocycles. The van der Waals surface area contributed by atoms with E-state index in [9.17, 15) is 28.8 Å². The molecule has 12 nitrogen and oxygen atoms in total. The predicted molar refractivity (Wildman–Crippen MR) is 203 cm³/mol. The standard InChI is InChI=1S/C36H42BrN4O8PS/c1-48-33(44)23-39-34(45)29(40-31(42)19-18-28(38)36(47)49-2)24-51-30-22-32(43)41(35(30)46)20-21-50(37,25-12-6-3-7-13-25,26-14-8-4-9-15-26)27-16-10-5-11-17-27/h3-17,28-30H,18-24,38H2,1-2H3,(H,39,45)(H,40,42). The third kappa shape index (κ3) is 9.23. The molecular formula is C36H42BrN4O8PS. The van der Waals surface area contributed by atoms with Crippen LogP contribution in [0.4, 0.5) is 0 Å². The van der Waals surface area contributed by atoms with Crippen molar-refractivity contribution in [2.75, 3.05) is 39.2 Å². The Morgan fingerprint density at radius 2 is 1.43 bits per heavy atom. The number of amides is 4. The SMILES string of the molecule is COC(=O)CNC(=O)C(CSC1CC(=O)N(CCP(Br)(c2ccccc2)(c2ccccc2)c2ccccc2)C1=O)NC(=O)CCC(N)C(=O)OC. The van der Waals surface area contributed by atoms with Crippen molar-refractivity contribution in [3.63, 3.8) is 0 Å². The van der Waals surface area contributed by atoms with Crippen LogP contribution in [0.3, 0.4) is 0 Å². The number of benzene rings is 3. The molecule has 4 amide bonds. The number of thioether (sulfide) groups is 1. The number of carbonyl (C=O) groups excluding carboxylic acids is 6. The molecule has 3 unspecified atom stereocenters. The van der Waals surface area contributed by atoms with E-state index < -0.39 is 52.9 Å². The van der Waals surface area contributed by atoms with Crippen molar-refractivity contribution in [3.8, 4) is 0 Å². The van der Waals surface area contributed by atoms with Gasteiger partial charge in [-0.2, -0.15) is 0 Å². The zero-order valence-electron chi connectivity index (χ0n) is 28.4. The molecule has 1 fully saturated rings. The fourth-order valence-corrected chi connectivity index (χ4v) is 14.3. The van der Waals surface area contributed by atoms with Gasteiger partial charge in [0.25, 0.3) is 0 Å². The first-order chi connectivity index (χ1) is 24.4. The van der Waals surface area contributed by atoms with Crippen LogP contribution in [0.5, 0.6) is 0 Å². The normalized spacial score (nSPS) is 16.4. The molecule has 0 aromatic heterocycles. The topological polar surface area (TPSA) is 174 Å². The Morgan fingerprint density at radius 3 is 1.92 bits per heavy atom. The number of nitrogens with zero attached hydrogens (tertiary/aromatic N) is 1. The molecule has 1 saturated heterocycles. The zero-order valence-corrected chi connectivity index (χ0v) is 31.7. The maximum absolute atomic E-state index is 13.9. The summed E-state index contributed by atoms with van der Waals surface area (Å²) in [4.78, 5) is 77.7. The first kappa shape index (κ1) is 39.7. The third-order valence-electron chi connectivity index (χ3n) is 8.77. The second-order valence-corrected chi connectivity index (χ2v) is 22.2. The smallest absolute Gasteiger partial charge is 0.468 e. The molecule has 1 heterocycles. The molecule has 0 aliphatic carbocycles. The number of esters is 2. The van der Waals surface area contributed by atoms with Gasteiger partial charge in [0.1, 0.15) is 6.04 Å². The van der Waals surface area contributed by atoms with Crippen molar-refractivity contribution < 1.29 is 38.2 Å². The van der Waals surface area contributed by atoms with Crippen LogP contribution >= 0.6 is 32.6 Å². The molecule has 15 heteroatoms.